The monoisotopic (exact) mass is 458 g/mol. The summed E-state index contributed by atoms with van der Waals surface area (Å²) in [6.45, 7) is 3.54. The molecule has 4 heteroatoms. The van der Waals surface area contributed by atoms with Crippen LogP contribution in [-0.2, 0) is 0 Å². The van der Waals surface area contributed by atoms with Gasteiger partial charge in [0.1, 0.15) is 0 Å². The Morgan fingerprint density at radius 3 is 2.52 bits per heavy atom. The summed E-state index contributed by atoms with van der Waals surface area (Å²) >= 11 is 6.12. The summed E-state index contributed by atoms with van der Waals surface area (Å²) < 4.78 is 12.9. The Kier molecular flexibility index (Phi) is 4.74. The smallest absolute Gasteiger partial charge is 0.161 e. The van der Waals surface area contributed by atoms with Gasteiger partial charge in [0, 0.05) is 9.49 Å². The number of fused-ring (bicyclic) bond motifs is 1. The van der Waals surface area contributed by atoms with E-state index in [9.17, 15) is 0 Å². The van der Waals surface area contributed by atoms with Crippen molar-refractivity contribution in [1.82, 2.24) is 0 Å². The van der Waals surface area contributed by atoms with Crippen LogP contribution in [-0.4, -0.2) is 13.2 Å². The van der Waals surface area contributed by atoms with Gasteiger partial charge in [-0.1, -0.05) is 41.1 Å². The molecule has 2 unspecified atom stereocenters. The van der Waals surface area contributed by atoms with E-state index in [1.54, 1.807) is 0 Å². The first-order chi connectivity index (χ1) is 10.1. The number of halogens is 2. The van der Waals surface area contributed by atoms with Gasteiger partial charge in [0.15, 0.2) is 11.5 Å². The van der Waals surface area contributed by atoms with E-state index in [2.05, 4.69) is 81.8 Å². The van der Waals surface area contributed by atoms with E-state index in [4.69, 9.17) is 9.47 Å². The number of rotatable bonds is 2. The van der Waals surface area contributed by atoms with Gasteiger partial charge in [0.05, 0.1) is 18.0 Å². The Bertz CT molecular complexity index is 644. The molecule has 2 atom stereocenters. The lowest BCUT2D eigenvalue weighted by atomic mass is 10.0. The Balaban J connectivity index is 1.90. The molecule has 0 bridgehead atoms. The SMILES string of the molecule is CC1COc2ccc(C(Br)c3cccc(I)c3)cc2OC1. The molecule has 21 heavy (non-hydrogen) atoms. The van der Waals surface area contributed by atoms with E-state index in [0.717, 1.165) is 11.5 Å². The molecule has 0 aromatic heterocycles. The second-order valence-corrected chi connectivity index (χ2v) is 7.51. The fourth-order valence-corrected chi connectivity index (χ4v) is 3.42. The number of alkyl halides is 1. The molecule has 2 nitrogen and oxygen atoms in total. The minimum absolute atomic E-state index is 0.154. The lowest BCUT2D eigenvalue weighted by Crippen LogP contribution is -2.12. The molecule has 3 rings (SSSR count). The van der Waals surface area contributed by atoms with E-state index in [1.165, 1.54) is 14.7 Å². The second-order valence-electron chi connectivity index (χ2n) is 5.35. The van der Waals surface area contributed by atoms with Crippen molar-refractivity contribution in [3.63, 3.8) is 0 Å². The van der Waals surface area contributed by atoms with E-state index in [-0.39, 0.29) is 4.83 Å². The number of hydrogen-bond acceptors (Lipinski definition) is 2. The van der Waals surface area contributed by atoms with E-state index < -0.39 is 0 Å². The van der Waals surface area contributed by atoms with Gasteiger partial charge in [-0.2, -0.15) is 0 Å². The summed E-state index contributed by atoms with van der Waals surface area (Å²) in [5.41, 5.74) is 2.42. The zero-order valence-electron chi connectivity index (χ0n) is 11.7. The molecular formula is C17H16BrIO2. The van der Waals surface area contributed by atoms with Gasteiger partial charge in [-0.3, -0.25) is 0 Å². The van der Waals surface area contributed by atoms with Crippen molar-refractivity contribution in [2.24, 2.45) is 5.92 Å². The van der Waals surface area contributed by atoms with Gasteiger partial charge in [0.2, 0.25) is 0 Å². The van der Waals surface area contributed by atoms with Crippen molar-refractivity contribution in [1.29, 1.82) is 0 Å². The summed E-state index contributed by atoms with van der Waals surface area (Å²) in [5, 5.41) is 0. The summed E-state index contributed by atoms with van der Waals surface area (Å²) in [6.07, 6.45) is 0. The fraction of sp³-hybridized carbons (Fsp3) is 0.294. The Morgan fingerprint density at radius 2 is 1.76 bits per heavy atom. The summed E-state index contributed by atoms with van der Waals surface area (Å²) in [4.78, 5) is 0.154. The predicted molar refractivity (Wildman–Crippen MR) is 96.5 cm³/mol. The van der Waals surface area contributed by atoms with Crippen LogP contribution in [0.25, 0.3) is 0 Å². The molecule has 110 valence electrons. The van der Waals surface area contributed by atoms with Crippen LogP contribution in [0.2, 0.25) is 0 Å². The third-order valence-electron chi connectivity index (χ3n) is 3.45. The lowest BCUT2D eigenvalue weighted by Gasteiger charge is -2.14. The van der Waals surface area contributed by atoms with E-state index in [1.807, 2.05) is 6.07 Å². The Hall–Kier alpha value is -0.750. The van der Waals surface area contributed by atoms with Crippen LogP contribution in [0.4, 0.5) is 0 Å². The van der Waals surface area contributed by atoms with E-state index >= 15 is 0 Å². The zero-order chi connectivity index (χ0) is 14.8. The number of ether oxygens (including phenoxy) is 2. The van der Waals surface area contributed by atoms with Crippen LogP contribution < -0.4 is 9.47 Å². The molecule has 0 saturated carbocycles. The largest absolute Gasteiger partial charge is 0.489 e. The van der Waals surface area contributed by atoms with Crippen LogP contribution in [0.5, 0.6) is 11.5 Å². The molecular weight excluding hydrogens is 443 g/mol. The highest BCUT2D eigenvalue weighted by atomic mass is 127. The molecule has 0 fully saturated rings. The van der Waals surface area contributed by atoms with Gasteiger partial charge in [-0.15, -0.1) is 0 Å². The molecule has 0 aliphatic carbocycles. The van der Waals surface area contributed by atoms with Gasteiger partial charge >= 0.3 is 0 Å². The van der Waals surface area contributed by atoms with Crippen molar-refractivity contribution in [3.05, 3.63) is 57.2 Å². The molecule has 2 aromatic rings. The number of benzene rings is 2. The van der Waals surface area contributed by atoms with Gasteiger partial charge in [-0.25, -0.2) is 0 Å². The maximum absolute atomic E-state index is 5.86. The minimum atomic E-state index is 0.154. The van der Waals surface area contributed by atoms with Crippen molar-refractivity contribution < 1.29 is 9.47 Å². The first kappa shape index (κ1) is 15.2. The predicted octanol–water partition coefficient (Wildman–Crippen LogP) is 5.18. The average molecular weight is 459 g/mol. The third kappa shape index (κ3) is 3.54. The van der Waals surface area contributed by atoms with Crippen LogP contribution in [0.1, 0.15) is 22.9 Å². The first-order valence-electron chi connectivity index (χ1n) is 6.92. The molecule has 0 amide bonds. The molecule has 2 aromatic carbocycles. The quantitative estimate of drug-likeness (QED) is 0.455. The Morgan fingerprint density at radius 1 is 1.05 bits per heavy atom. The second kappa shape index (κ2) is 6.57. The molecule has 1 aliphatic rings. The highest BCUT2D eigenvalue weighted by Crippen LogP contribution is 2.38. The van der Waals surface area contributed by atoms with Crippen molar-refractivity contribution in [2.75, 3.05) is 13.2 Å². The van der Waals surface area contributed by atoms with Crippen molar-refractivity contribution in [2.45, 2.75) is 11.8 Å². The standard InChI is InChI=1S/C17H16BrIO2/c1-11-9-20-15-6-5-13(8-16(15)21-10-11)17(18)12-3-2-4-14(19)7-12/h2-8,11,17H,9-10H2,1H3. The summed E-state index contributed by atoms with van der Waals surface area (Å²) in [7, 11) is 0. The topological polar surface area (TPSA) is 18.5 Å². The van der Waals surface area contributed by atoms with Gasteiger partial charge < -0.3 is 9.47 Å². The maximum Gasteiger partial charge on any atom is 0.161 e. The molecule has 1 aliphatic heterocycles. The maximum atomic E-state index is 5.86. The van der Waals surface area contributed by atoms with E-state index in [0.29, 0.717) is 19.1 Å². The van der Waals surface area contributed by atoms with Gasteiger partial charge in [-0.05, 0) is 58.0 Å². The number of hydrogen-bond donors (Lipinski definition) is 0. The average Bonchev–Trinajstić information content (AvgIpc) is 2.68. The molecule has 0 spiro atoms. The van der Waals surface area contributed by atoms with Gasteiger partial charge in [0.25, 0.3) is 0 Å². The molecule has 1 heterocycles. The van der Waals surface area contributed by atoms with Crippen LogP contribution in [0, 0.1) is 9.49 Å². The van der Waals surface area contributed by atoms with Crippen LogP contribution >= 0.6 is 38.5 Å². The summed E-state index contributed by atoms with van der Waals surface area (Å²) in [5.74, 6) is 2.09. The minimum Gasteiger partial charge on any atom is -0.489 e. The Labute approximate surface area is 147 Å². The normalized spacial score (nSPS) is 18.9. The molecule has 0 radical (unpaired) electrons. The molecule has 0 N–H and O–H groups in total. The van der Waals surface area contributed by atoms with Crippen molar-refractivity contribution in [3.8, 4) is 11.5 Å². The fourth-order valence-electron chi connectivity index (χ4n) is 2.28. The summed E-state index contributed by atoms with van der Waals surface area (Å²) in [6, 6.07) is 14.7. The van der Waals surface area contributed by atoms with Crippen molar-refractivity contribution >= 4 is 38.5 Å². The highest BCUT2D eigenvalue weighted by molar-refractivity contribution is 14.1. The third-order valence-corrected chi connectivity index (χ3v) is 5.18. The molecule has 0 saturated heterocycles. The highest BCUT2D eigenvalue weighted by Gasteiger charge is 2.18. The van der Waals surface area contributed by atoms with Crippen LogP contribution in [0.15, 0.2) is 42.5 Å². The lowest BCUT2D eigenvalue weighted by molar-refractivity contribution is 0.228. The first-order valence-corrected chi connectivity index (χ1v) is 8.92. The van der Waals surface area contributed by atoms with Crippen LogP contribution in [0.3, 0.4) is 0 Å². The zero-order valence-corrected chi connectivity index (χ0v) is 15.4.